The average Bonchev–Trinajstić information content (AvgIpc) is 2.72. The molecular weight excluding hydrogens is 478 g/mol. The van der Waals surface area contributed by atoms with Crippen LogP contribution in [0.2, 0.25) is 0 Å². The third-order valence-corrected chi connectivity index (χ3v) is 5.95. The molecule has 0 spiro atoms. The van der Waals surface area contributed by atoms with E-state index in [1.54, 1.807) is 12.1 Å². The second-order valence-electron chi connectivity index (χ2n) is 9.76. The highest BCUT2D eigenvalue weighted by atomic mass is 32.2. The van der Waals surface area contributed by atoms with E-state index >= 15 is 0 Å². The van der Waals surface area contributed by atoms with Crippen LogP contribution in [0.5, 0.6) is 5.75 Å². The van der Waals surface area contributed by atoms with Crippen molar-refractivity contribution in [3.63, 3.8) is 0 Å². The minimum atomic E-state index is -3.41. The summed E-state index contributed by atoms with van der Waals surface area (Å²) in [5.74, 6) is -2.27. The average molecular weight is 507 g/mol. The van der Waals surface area contributed by atoms with Gasteiger partial charge in [0.25, 0.3) is 0 Å². The molecule has 0 unspecified atom stereocenters. The first kappa shape index (κ1) is 26.5. The van der Waals surface area contributed by atoms with Gasteiger partial charge in [-0.2, -0.15) is 9.78 Å². The molecule has 2 aromatic carbocycles. The molecule has 3 aromatic rings. The van der Waals surface area contributed by atoms with Gasteiger partial charge in [0.05, 0.1) is 28.0 Å². The lowest BCUT2D eigenvalue weighted by Crippen LogP contribution is -2.40. The molecule has 188 valence electrons. The molecule has 0 aliphatic rings. The molecule has 1 aromatic heterocycles. The fraction of sp³-hybridized carbons (Fsp3) is 0.360. The van der Waals surface area contributed by atoms with Crippen molar-refractivity contribution >= 4 is 9.84 Å². The van der Waals surface area contributed by atoms with Crippen molar-refractivity contribution in [1.29, 1.82) is 0 Å². The Bertz CT molecular complexity index is 1390. The lowest BCUT2D eigenvalue weighted by Gasteiger charge is -2.33. The van der Waals surface area contributed by atoms with Crippen molar-refractivity contribution in [3.8, 4) is 22.6 Å². The topological polar surface area (TPSA) is 87.5 Å². The van der Waals surface area contributed by atoms with Gasteiger partial charge >= 0.3 is 5.56 Å². The van der Waals surface area contributed by atoms with E-state index in [9.17, 15) is 22.0 Å². The lowest BCUT2D eigenvalue weighted by molar-refractivity contribution is -0.128. The zero-order valence-electron chi connectivity index (χ0n) is 20.4. The molecule has 0 aliphatic carbocycles. The van der Waals surface area contributed by atoms with Gasteiger partial charge in [0, 0.05) is 17.9 Å². The highest BCUT2D eigenvalue weighted by Gasteiger charge is 2.28. The van der Waals surface area contributed by atoms with Gasteiger partial charge in [-0.1, -0.05) is 12.1 Å². The SMILES string of the molecule is CC(C)(C)OC(C)(C)COc1c(-c2ccc(S(C)(=O)=O)cc2)cnn(-c2ccc(F)c(F)c2)c1=O. The van der Waals surface area contributed by atoms with E-state index in [0.717, 1.165) is 23.1 Å². The Hall–Kier alpha value is -3.11. The van der Waals surface area contributed by atoms with Gasteiger partial charge in [0.2, 0.25) is 0 Å². The number of aromatic nitrogens is 2. The van der Waals surface area contributed by atoms with Crippen LogP contribution in [-0.2, 0) is 14.6 Å². The Labute approximate surface area is 203 Å². The first-order valence-electron chi connectivity index (χ1n) is 10.8. The molecule has 0 fully saturated rings. The highest BCUT2D eigenvalue weighted by molar-refractivity contribution is 7.90. The van der Waals surface area contributed by atoms with E-state index in [2.05, 4.69) is 5.10 Å². The van der Waals surface area contributed by atoms with Crippen LogP contribution < -0.4 is 10.3 Å². The maximum atomic E-state index is 13.8. The minimum Gasteiger partial charge on any atom is -0.484 e. The van der Waals surface area contributed by atoms with Gasteiger partial charge in [0.15, 0.2) is 27.2 Å². The van der Waals surface area contributed by atoms with Crippen molar-refractivity contribution in [3.05, 3.63) is 70.6 Å². The van der Waals surface area contributed by atoms with E-state index in [-0.39, 0.29) is 22.9 Å². The van der Waals surface area contributed by atoms with Crippen LogP contribution >= 0.6 is 0 Å². The minimum absolute atomic E-state index is 0.00424. The third kappa shape index (κ3) is 6.52. The molecule has 0 atom stereocenters. The Morgan fingerprint density at radius 2 is 1.60 bits per heavy atom. The predicted molar refractivity (Wildman–Crippen MR) is 129 cm³/mol. The number of benzene rings is 2. The van der Waals surface area contributed by atoms with E-state index in [0.29, 0.717) is 11.1 Å². The summed E-state index contributed by atoms with van der Waals surface area (Å²) >= 11 is 0. The van der Waals surface area contributed by atoms with Gasteiger partial charge in [-0.05, 0) is 64.4 Å². The van der Waals surface area contributed by atoms with Crippen LogP contribution in [0, 0.1) is 11.6 Å². The summed E-state index contributed by atoms with van der Waals surface area (Å²) in [5.41, 5.74) is -1.14. The van der Waals surface area contributed by atoms with Gasteiger partial charge in [-0.25, -0.2) is 17.2 Å². The van der Waals surface area contributed by atoms with Crippen molar-refractivity contribution in [2.45, 2.75) is 50.7 Å². The lowest BCUT2D eigenvalue weighted by atomic mass is 10.1. The standard InChI is InChI=1S/C25H28F2N2O5S/c1-24(2,3)34-25(4,5)15-33-22-19(16-7-10-18(11-8-16)35(6,31)32)14-28-29(23(22)30)17-9-12-20(26)21(27)13-17/h7-14H,15H2,1-6H3. The molecule has 0 bridgehead atoms. The van der Waals surface area contributed by atoms with Gasteiger partial charge in [-0.15, -0.1) is 0 Å². The largest absolute Gasteiger partial charge is 0.484 e. The van der Waals surface area contributed by atoms with Gasteiger partial charge in [-0.3, -0.25) is 4.79 Å². The molecule has 0 radical (unpaired) electrons. The molecule has 0 N–H and O–H groups in total. The summed E-state index contributed by atoms with van der Waals surface area (Å²) in [6, 6.07) is 8.91. The number of halogens is 2. The molecule has 0 saturated heterocycles. The maximum absolute atomic E-state index is 13.8. The third-order valence-electron chi connectivity index (χ3n) is 4.82. The first-order chi connectivity index (χ1) is 16.1. The molecule has 3 rings (SSSR count). The second kappa shape index (κ2) is 9.50. The summed E-state index contributed by atoms with van der Waals surface area (Å²) in [5, 5.41) is 4.12. The van der Waals surface area contributed by atoms with E-state index in [4.69, 9.17) is 9.47 Å². The summed E-state index contributed by atoms with van der Waals surface area (Å²) < 4.78 is 63.8. The molecule has 35 heavy (non-hydrogen) atoms. The molecule has 7 nitrogen and oxygen atoms in total. The fourth-order valence-corrected chi connectivity index (χ4v) is 4.20. The molecule has 0 amide bonds. The van der Waals surface area contributed by atoms with Crippen molar-refractivity contribution in [2.24, 2.45) is 0 Å². The van der Waals surface area contributed by atoms with Gasteiger partial charge < -0.3 is 9.47 Å². The normalized spacial score (nSPS) is 12.6. The Balaban J connectivity index is 2.11. The van der Waals surface area contributed by atoms with E-state index in [1.165, 1.54) is 24.4 Å². The van der Waals surface area contributed by atoms with Crippen LogP contribution in [0.3, 0.4) is 0 Å². The van der Waals surface area contributed by atoms with Gasteiger partial charge in [0.1, 0.15) is 6.61 Å². The van der Waals surface area contributed by atoms with Crippen molar-refractivity contribution in [2.75, 3.05) is 12.9 Å². The van der Waals surface area contributed by atoms with E-state index in [1.807, 2.05) is 34.6 Å². The summed E-state index contributed by atoms with van der Waals surface area (Å²) in [6.45, 7) is 9.31. The van der Waals surface area contributed by atoms with Crippen LogP contribution in [-0.4, -0.2) is 42.3 Å². The van der Waals surface area contributed by atoms with Crippen LogP contribution in [0.4, 0.5) is 8.78 Å². The highest BCUT2D eigenvalue weighted by Crippen LogP contribution is 2.29. The number of nitrogens with zero attached hydrogens (tertiary/aromatic N) is 2. The number of sulfone groups is 1. The molecular formula is C25H28F2N2O5S. The first-order valence-corrected chi connectivity index (χ1v) is 12.7. The predicted octanol–water partition coefficient (Wildman–Crippen LogP) is 4.55. The number of ether oxygens (including phenoxy) is 2. The number of hydrogen-bond acceptors (Lipinski definition) is 6. The second-order valence-corrected chi connectivity index (χ2v) is 11.8. The summed E-state index contributed by atoms with van der Waals surface area (Å²) in [6.07, 6.45) is 2.45. The zero-order valence-corrected chi connectivity index (χ0v) is 21.2. The van der Waals surface area contributed by atoms with Crippen molar-refractivity contribution in [1.82, 2.24) is 9.78 Å². The number of rotatable bonds is 7. The zero-order chi connectivity index (χ0) is 26.2. The Morgan fingerprint density at radius 1 is 0.971 bits per heavy atom. The smallest absolute Gasteiger partial charge is 0.314 e. The van der Waals surface area contributed by atoms with Crippen LogP contribution in [0.25, 0.3) is 16.8 Å². The molecule has 0 saturated carbocycles. The number of hydrogen-bond donors (Lipinski definition) is 0. The molecule has 0 aliphatic heterocycles. The molecule has 10 heteroatoms. The monoisotopic (exact) mass is 506 g/mol. The van der Waals surface area contributed by atoms with Crippen LogP contribution in [0.1, 0.15) is 34.6 Å². The van der Waals surface area contributed by atoms with Crippen LogP contribution in [0.15, 0.2) is 58.4 Å². The quantitative estimate of drug-likeness (QED) is 0.467. The molecule has 1 heterocycles. The Kier molecular flexibility index (Phi) is 7.19. The summed E-state index contributed by atoms with van der Waals surface area (Å²) in [4.78, 5) is 13.5. The maximum Gasteiger partial charge on any atom is 0.314 e. The van der Waals surface area contributed by atoms with E-state index < -0.39 is 38.2 Å². The fourth-order valence-electron chi connectivity index (χ4n) is 3.57. The van der Waals surface area contributed by atoms with Crippen molar-refractivity contribution < 1.29 is 26.7 Å². The Morgan fingerprint density at radius 3 is 2.14 bits per heavy atom. The summed E-state index contributed by atoms with van der Waals surface area (Å²) in [7, 11) is -3.41.